The van der Waals surface area contributed by atoms with Gasteiger partial charge in [0.05, 0.1) is 0 Å². The van der Waals surface area contributed by atoms with Crippen LogP contribution in [0.15, 0.2) is 23.3 Å². The zero-order valence-electron chi connectivity index (χ0n) is 12.4. The van der Waals surface area contributed by atoms with Crippen molar-refractivity contribution in [3.05, 3.63) is 23.3 Å². The molecule has 3 heteroatoms. The minimum absolute atomic E-state index is 0.110. The maximum Gasteiger partial charge on any atom is 0.223 e. The van der Waals surface area contributed by atoms with Crippen LogP contribution in [0.25, 0.3) is 0 Å². The molecule has 0 atom stereocenters. The number of carbonyl (C=O) groups excluding carboxylic acids is 2. The van der Waals surface area contributed by atoms with E-state index < -0.39 is 0 Å². The Labute approximate surface area is 116 Å². The van der Waals surface area contributed by atoms with E-state index in [9.17, 15) is 9.59 Å². The van der Waals surface area contributed by atoms with Crippen LogP contribution in [0.1, 0.15) is 52.9 Å². The Morgan fingerprint density at radius 1 is 1.11 bits per heavy atom. The number of allylic oxidation sites excluding steroid dienone is 3. The first-order valence-corrected chi connectivity index (χ1v) is 7.07. The summed E-state index contributed by atoms with van der Waals surface area (Å²) >= 11 is 0. The van der Waals surface area contributed by atoms with Gasteiger partial charge in [0.2, 0.25) is 5.91 Å². The van der Waals surface area contributed by atoms with E-state index in [-0.39, 0.29) is 11.7 Å². The van der Waals surface area contributed by atoms with Gasteiger partial charge in [-0.15, -0.1) is 0 Å². The molecule has 0 spiro atoms. The molecule has 0 radical (unpaired) electrons. The molecule has 1 fully saturated rings. The van der Waals surface area contributed by atoms with E-state index >= 15 is 0 Å². The quantitative estimate of drug-likeness (QED) is 0.714. The van der Waals surface area contributed by atoms with Gasteiger partial charge in [-0.05, 0) is 33.6 Å². The van der Waals surface area contributed by atoms with E-state index in [4.69, 9.17) is 0 Å². The summed E-state index contributed by atoms with van der Waals surface area (Å²) in [6, 6.07) is 0. The number of Topliss-reactive ketones (excluding diaryl/α,β-unsaturated/α-hetero) is 1. The van der Waals surface area contributed by atoms with Crippen molar-refractivity contribution in [3.63, 3.8) is 0 Å². The van der Waals surface area contributed by atoms with Gasteiger partial charge in [0.15, 0.2) is 0 Å². The molecular formula is C16H25NO2. The van der Waals surface area contributed by atoms with Crippen molar-refractivity contribution in [1.29, 1.82) is 0 Å². The van der Waals surface area contributed by atoms with Crippen molar-refractivity contribution in [1.82, 2.24) is 4.90 Å². The molecule has 1 rings (SSSR count). The monoisotopic (exact) mass is 263 g/mol. The van der Waals surface area contributed by atoms with Crippen molar-refractivity contribution >= 4 is 11.7 Å². The highest BCUT2D eigenvalue weighted by molar-refractivity contribution is 5.87. The predicted molar refractivity (Wildman–Crippen MR) is 77.9 cm³/mol. The molecule has 1 amide bonds. The minimum Gasteiger partial charge on any atom is -0.339 e. The molecular weight excluding hydrogens is 238 g/mol. The Morgan fingerprint density at radius 3 is 2.53 bits per heavy atom. The van der Waals surface area contributed by atoms with Gasteiger partial charge >= 0.3 is 0 Å². The molecule has 0 N–H and O–H groups in total. The summed E-state index contributed by atoms with van der Waals surface area (Å²) in [5.41, 5.74) is 2.65. The van der Waals surface area contributed by atoms with Crippen LogP contribution < -0.4 is 0 Å². The van der Waals surface area contributed by atoms with Crippen LogP contribution in [0.3, 0.4) is 0 Å². The molecule has 106 valence electrons. The van der Waals surface area contributed by atoms with Crippen molar-refractivity contribution in [2.24, 2.45) is 0 Å². The van der Waals surface area contributed by atoms with Crippen LogP contribution in [-0.2, 0) is 9.59 Å². The smallest absolute Gasteiger partial charge is 0.223 e. The van der Waals surface area contributed by atoms with Crippen LogP contribution in [0, 0.1) is 0 Å². The molecule has 1 saturated heterocycles. The van der Waals surface area contributed by atoms with Crippen molar-refractivity contribution in [3.8, 4) is 0 Å². The van der Waals surface area contributed by atoms with Crippen LogP contribution in [-0.4, -0.2) is 29.7 Å². The summed E-state index contributed by atoms with van der Waals surface area (Å²) in [6.45, 7) is 7.53. The van der Waals surface area contributed by atoms with Crippen LogP contribution in [0.5, 0.6) is 0 Å². The van der Waals surface area contributed by atoms with Gasteiger partial charge in [0.25, 0.3) is 0 Å². The predicted octanol–water partition coefficient (Wildman–Crippen LogP) is 3.26. The van der Waals surface area contributed by atoms with Crippen molar-refractivity contribution < 1.29 is 9.59 Å². The van der Waals surface area contributed by atoms with Crippen LogP contribution in [0.4, 0.5) is 0 Å². The average Bonchev–Trinajstić information content (AvgIpc) is 2.50. The maximum absolute atomic E-state index is 11.8. The Hall–Kier alpha value is -1.38. The summed E-state index contributed by atoms with van der Waals surface area (Å²) in [5.74, 6) is 0.319. The normalized spacial score (nSPS) is 17.4. The summed E-state index contributed by atoms with van der Waals surface area (Å²) < 4.78 is 0. The van der Waals surface area contributed by atoms with Gasteiger partial charge in [-0.25, -0.2) is 0 Å². The van der Waals surface area contributed by atoms with Crippen molar-refractivity contribution in [2.75, 3.05) is 13.1 Å². The summed E-state index contributed by atoms with van der Waals surface area (Å²) in [4.78, 5) is 24.9. The SMILES string of the molecule is CC(C)=CCC/C(C)=C/CN1CCC(=O)CCC1=O. The van der Waals surface area contributed by atoms with E-state index in [0.29, 0.717) is 32.4 Å². The lowest BCUT2D eigenvalue weighted by Gasteiger charge is -2.18. The van der Waals surface area contributed by atoms with Gasteiger partial charge in [-0.3, -0.25) is 9.59 Å². The van der Waals surface area contributed by atoms with Gasteiger partial charge in [-0.1, -0.05) is 23.3 Å². The topological polar surface area (TPSA) is 37.4 Å². The highest BCUT2D eigenvalue weighted by atomic mass is 16.2. The van der Waals surface area contributed by atoms with E-state index in [0.717, 1.165) is 12.8 Å². The molecule has 0 aromatic carbocycles. The molecule has 1 aliphatic heterocycles. The fourth-order valence-corrected chi connectivity index (χ4v) is 2.06. The van der Waals surface area contributed by atoms with E-state index in [1.54, 1.807) is 4.90 Å². The first-order chi connectivity index (χ1) is 8.99. The van der Waals surface area contributed by atoms with E-state index in [1.807, 2.05) is 0 Å². The summed E-state index contributed by atoms with van der Waals surface area (Å²) in [7, 11) is 0. The number of likely N-dealkylation sites (tertiary alicyclic amines) is 1. The summed E-state index contributed by atoms with van der Waals surface area (Å²) in [5, 5.41) is 0. The molecule has 1 heterocycles. The Kier molecular flexibility index (Phi) is 6.54. The number of rotatable bonds is 5. The van der Waals surface area contributed by atoms with Gasteiger partial charge in [0.1, 0.15) is 5.78 Å². The second-order valence-electron chi connectivity index (χ2n) is 5.50. The molecule has 0 saturated carbocycles. The lowest BCUT2D eigenvalue weighted by molar-refractivity contribution is -0.130. The second-order valence-corrected chi connectivity index (χ2v) is 5.50. The fourth-order valence-electron chi connectivity index (χ4n) is 2.06. The Morgan fingerprint density at radius 2 is 1.84 bits per heavy atom. The molecule has 0 aromatic heterocycles. The zero-order valence-corrected chi connectivity index (χ0v) is 12.4. The Balaban J connectivity index is 2.42. The largest absolute Gasteiger partial charge is 0.339 e. The lowest BCUT2D eigenvalue weighted by Crippen LogP contribution is -2.30. The van der Waals surface area contributed by atoms with Gasteiger partial charge < -0.3 is 4.90 Å². The number of nitrogens with zero attached hydrogens (tertiary/aromatic N) is 1. The number of amides is 1. The van der Waals surface area contributed by atoms with E-state index in [1.165, 1.54) is 11.1 Å². The standard InChI is InChI=1S/C16H25NO2/c1-13(2)5-4-6-14(3)9-11-17-12-10-15(18)7-8-16(17)19/h5,9H,4,6-8,10-12H2,1-3H3/b14-9+. The van der Waals surface area contributed by atoms with Crippen LogP contribution >= 0.6 is 0 Å². The first-order valence-electron chi connectivity index (χ1n) is 7.07. The second kappa shape index (κ2) is 7.93. The first kappa shape index (κ1) is 15.7. The molecule has 0 aliphatic carbocycles. The molecule has 19 heavy (non-hydrogen) atoms. The fraction of sp³-hybridized carbons (Fsp3) is 0.625. The molecule has 0 bridgehead atoms. The van der Waals surface area contributed by atoms with Gasteiger partial charge in [0, 0.05) is 32.4 Å². The highest BCUT2D eigenvalue weighted by Crippen LogP contribution is 2.11. The number of hydrogen-bond acceptors (Lipinski definition) is 2. The molecule has 0 unspecified atom stereocenters. The third-order valence-electron chi connectivity index (χ3n) is 3.38. The van der Waals surface area contributed by atoms with E-state index in [2.05, 4.69) is 32.9 Å². The lowest BCUT2D eigenvalue weighted by atomic mass is 10.1. The van der Waals surface area contributed by atoms with Crippen LogP contribution in [0.2, 0.25) is 0 Å². The number of ketones is 1. The summed E-state index contributed by atoms with van der Waals surface area (Å²) in [6.07, 6.45) is 7.74. The third-order valence-corrected chi connectivity index (χ3v) is 3.38. The van der Waals surface area contributed by atoms with Gasteiger partial charge in [-0.2, -0.15) is 0 Å². The zero-order chi connectivity index (χ0) is 14.3. The number of carbonyl (C=O) groups is 2. The Bertz CT molecular complexity index is 390. The van der Waals surface area contributed by atoms with Crippen molar-refractivity contribution in [2.45, 2.75) is 52.9 Å². The maximum atomic E-state index is 11.8. The molecule has 3 nitrogen and oxygen atoms in total. The molecule has 1 aliphatic rings. The molecule has 0 aromatic rings. The average molecular weight is 263 g/mol. The number of hydrogen-bond donors (Lipinski definition) is 0. The third kappa shape index (κ3) is 6.37. The highest BCUT2D eigenvalue weighted by Gasteiger charge is 2.19. The minimum atomic E-state index is 0.110.